The second kappa shape index (κ2) is 4.81. The van der Waals surface area contributed by atoms with Crippen molar-refractivity contribution in [3.8, 4) is 0 Å². The number of hydrogen-bond donors (Lipinski definition) is 1. The lowest BCUT2D eigenvalue weighted by Gasteiger charge is -2.18. The van der Waals surface area contributed by atoms with Crippen LogP contribution in [0.25, 0.3) is 0 Å². The number of hydrazine groups is 1. The first-order valence-electron chi connectivity index (χ1n) is 4.16. The van der Waals surface area contributed by atoms with Crippen molar-refractivity contribution in [2.24, 2.45) is 0 Å². The molecule has 1 aromatic rings. The third kappa shape index (κ3) is 2.88. The van der Waals surface area contributed by atoms with E-state index >= 15 is 0 Å². The molecule has 5 heteroatoms. The van der Waals surface area contributed by atoms with Crippen LogP contribution in [0.3, 0.4) is 0 Å². The fourth-order valence-electron chi connectivity index (χ4n) is 0.990. The van der Waals surface area contributed by atoms with Gasteiger partial charge in [-0.15, -0.1) is 11.6 Å². The topological polar surface area (TPSA) is 45.2 Å². The quantitative estimate of drug-likeness (QED) is 0.604. The molecule has 1 rings (SSSR count). The number of halogens is 1. The average Bonchev–Trinajstić information content (AvgIpc) is 2.17. The molecule has 0 fully saturated rings. The van der Waals surface area contributed by atoms with Crippen LogP contribution in [0.1, 0.15) is 5.69 Å². The van der Waals surface area contributed by atoms with Gasteiger partial charge in [-0.05, 0) is 19.1 Å². The van der Waals surface area contributed by atoms with Crippen molar-refractivity contribution in [2.75, 3.05) is 17.9 Å². The van der Waals surface area contributed by atoms with Crippen LogP contribution in [0, 0.1) is 6.92 Å². The van der Waals surface area contributed by atoms with Crippen LogP contribution in [-0.2, 0) is 4.79 Å². The third-order valence-corrected chi connectivity index (χ3v) is 1.87. The van der Waals surface area contributed by atoms with E-state index in [0.29, 0.717) is 5.82 Å². The van der Waals surface area contributed by atoms with E-state index < -0.39 is 0 Å². The van der Waals surface area contributed by atoms with E-state index in [1.165, 1.54) is 5.01 Å². The second-order valence-corrected chi connectivity index (χ2v) is 3.13. The Morgan fingerprint density at radius 3 is 2.93 bits per heavy atom. The molecule has 0 saturated heterocycles. The standard InChI is InChI=1S/C9H12ClN3O/c1-7-4-3-5-8(11-7)13(2)12-9(14)6-10/h3-5H,6H2,1-2H3,(H,12,14). The molecule has 1 amide bonds. The zero-order chi connectivity index (χ0) is 10.6. The minimum Gasteiger partial charge on any atom is -0.272 e. The number of anilines is 1. The summed E-state index contributed by atoms with van der Waals surface area (Å²) in [5.41, 5.74) is 3.47. The predicted molar refractivity (Wildman–Crippen MR) is 56.2 cm³/mol. The molecule has 76 valence electrons. The molecule has 14 heavy (non-hydrogen) atoms. The fourth-order valence-corrected chi connectivity index (χ4v) is 1.05. The maximum atomic E-state index is 11.0. The highest BCUT2D eigenvalue weighted by atomic mass is 35.5. The summed E-state index contributed by atoms with van der Waals surface area (Å²) in [6.45, 7) is 1.89. The highest BCUT2D eigenvalue weighted by Crippen LogP contribution is 2.06. The molecule has 0 spiro atoms. The Kier molecular flexibility index (Phi) is 3.71. The van der Waals surface area contributed by atoms with Crippen LogP contribution in [0.15, 0.2) is 18.2 Å². The number of carbonyl (C=O) groups excluding carboxylic acids is 1. The van der Waals surface area contributed by atoms with Crippen LogP contribution in [0.4, 0.5) is 5.82 Å². The minimum absolute atomic E-state index is 0.0594. The van der Waals surface area contributed by atoms with E-state index in [1.54, 1.807) is 7.05 Å². The Morgan fingerprint density at radius 2 is 2.36 bits per heavy atom. The lowest BCUT2D eigenvalue weighted by Crippen LogP contribution is -2.40. The Labute approximate surface area is 87.9 Å². The minimum atomic E-state index is -0.252. The molecule has 4 nitrogen and oxygen atoms in total. The van der Waals surface area contributed by atoms with Crippen molar-refractivity contribution in [2.45, 2.75) is 6.92 Å². The molecule has 0 bridgehead atoms. The number of carbonyl (C=O) groups is 1. The number of alkyl halides is 1. The van der Waals surface area contributed by atoms with Crippen molar-refractivity contribution in [1.82, 2.24) is 10.4 Å². The van der Waals surface area contributed by atoms with Crippen molar-refractivity contribution >= 4 is 23.3 Å². The molecular weight excluding hydrogens is 202 g/mol. The summed E-state index contributed by atoms with van der Waals surface area (Å²) in [5, 5.41) is 1.54. The Morgan fingerprint density at radius 1 is 1.64 bits per heavy atom. The highest BCUT2D eigenvalue weighted by Gasteiger charge is 2.05. The van der Waals surface area contributed by atoms with E-state index in [9.17, 15) is 4.79 Å². The first-order chi connectivity index (χ1) is 6.63. The molecule has 1 aromatic heterocycles. The van der Waals surface area contributed by atoms with E-state index in [2.05, 4.69) is 10.4 Å². The van der Waals surface area contributed by atoms with E-state index in [-0.39, 0.29) is 11.8 Å². The number of nitrogens with one attached hydrogen (secondary N) is 1. The Balaban J connectivity index is 2.69. The van der Waals surface area contributed by atoms with Crippen molar-refractivity contribution in [1.29, 1.82) is 0 Å². The molecule has 0 saturated carbocycles. The SMILES string of the molecule is Cc1cccc(N(C)NC(=O)CCl)n1. The van der Waals surface area contributed by atoms with Gasteiger partial charge in [-0.1, -0.05) is 6.07 Å². The van der Waals surface area contributed by atoms with Gasteiger partial charge in [-0.25, -0.2) is 4.98 Å². The fraction of sp³-hybridized carbons (Fsp3) is 0.333. The van der Waals surface area contributed by atoms with Gasteiger partial charge in [0.25, 0.3) is 5.91 Å². The number of amides is 1. The zero-order valence-electron chi connectivity index (χ0n) is 8.12. The summed E-state index contributed by atoms with van der Waals surface area (Å²) in [4.78, 5) is 15.2. The summed E-state index contributed by atoms with van der Waals surface area (Å²) in [7, 11) is 1.71. The van der Waals surface area contributed by atoms with Crippen molar-refractivity contribution in [3.05, 3.63) is 23.9 Å². The van der Waals surface area contributed by atoms with E-state index in [1.807, 2.05) is 25.1 Å². The van der Waals surface area contributed by atoms with Gasteiger partial charge in [0.05, 0.1) is 0 Å². The first-order valence-corrected chi connectivity index (χ1v) is 4.70. The zero-order valence-corrected chi connectivity index (χ0v) is 8.88. The van der Waals surface area contributed by atoms with Gasteiger partial charge >= 0.3 is 0 Å². The number of nitrogens with zero attached hydrogens (tertiary/aromatic N) is 2. The molecule has 0 aromatic carbocycles. The second-order valence-electron chi connectivity index (χ2n) is 2.86. The molecule has 0 aliphatic rings. The van der Waals surface area contributed by atoms with Crippen LogP contribution < -0.4 is 10.4 Å². The predicted octanol–water partition coefficient (Wildman–Crippen LogP) is 1.10. The number of rotatable bonds is 3. The highest BCUT2D eigenvalue weighted by molar-refractivity contribution is 6.27. The normalized spacial score (nSPS) is 9.64. The summed E-state index contributed by atoms with van der Waals surface area (Å²) in [5.74, 6) is 0.372. The van der Waals surface area contributed by atoms with Gasteiger partial charge in [0.2, 0.25) is 0 Å². The number of hydrogen-bond acceptors (Lipinski definition) is 3. The molecular formula is C9H12ClN3O. The van der Waals surface area contributed by atoms with Crippen molar-refractivity contribution in [3.63, 3.8) is 0 Å². The summed E-state index contributed by atoms with van der Waals surface area (Å²) < 4.78 is 0. The van der Waals surface area contributed by atoms with Crippen LogP contribution in [0.2, 0.25) is 0 Å². The summed E-state index contributed by atoms with van der Waals surface area (Å²) in [6, 6.07) is 5.57. The lowest BCUT2D eigenvalue weighted by molar-refractivity contribution is -0.118. The lowest BCUT2D eigenvalue weighted by atomic mass is 10.4. The molecule has 0 radical (unpaired) electrons. The van der Waals surface area contributed by atoms with E-state index in [4.69, 9.17) is 11.6 Å². The monoisotopic (exact) mass is 213 g/mol. The summed E-state index contributed by atoms with van der Waals surface area (Å²) >= 11 is 5.36. The van der Waals surface area contributed by atoms with Gasteiger partial charge in [0.15, 0.2) is 0 Å². The van der Waals surface area contributed by atoms with Crippen LogP contribution in [-0.4, -0.2) is 23.8 Å². The molecule has 0 unspecified atom stereocenters. The molecule has 0 atom stereocenters. The van der Waals surface area contributed by atoms with Gasteiger partial charge in [-0.3, -0.25) is 15.2 Å². The molecule has 0 aliphatic heterocycles. The van der Waals surface area contributed by atoms with Crippen LogP contribution >= 0.6 is 11.6 Å². The van der Waals surface area contributed by atoms with Gasteiger partial charge in [0.1, 0.15) is 11.7 Å². The van der Waals surface area contributed by atoms with Gasteiger partial charge in [0, 0.05) is 12.7 Å². The molecule has 0 aliphatic carbocycles. The smallest absolute Gasteiger partial charge is 0.253 e. The molecule has 1 heterocycles. The van der Waals surface area contributed by atoms with Gasteiger partial charge < -0.3 is 0 Å². The maximum absolute atomic E-state index is 11.0. The third-order valence-electron chi connectivity index (χ3n) is 1.63. The van der Waals surface area contributed by atoms with E-state index in [0.717, 1.165) is 5.69 Å². The maximum Gasteiger partial charge on any atom is 0.253 e. The Bertz CT molecular complexity index is 330. The molecule has 1 N–H and O–H groups in total. The van der Waals surface area contributed by atoms with Gasteiger partial charge in [-0.2, -0.15) is 0 Å². The number of pyridine rings is 1. The average molecular weight is 214 g/mol. The first kappa shape index (κ1) is 10.8. The van der Waals surface area contributed by atoms with Crippen LogP contribution in [0.5, 0.6) is 0 Å². The number of aryl methyl sites for hydroxylation is 1. The largest absolute Gasteiger partial charge is 0.272 e. The van der Waals surface area contributed by atoms with Crippen molar-refractivity contribution < 1.29 is 4.79 Å². The summed E-state index contributed by atoms with van der Waals surface area (Å²) in [6.07, 6.45) is 0. The Hall–Kier alpha value is -1.29. The number of aromatic nitrogens is 1.